The Labute approximate surface area is 115 Å². The molecular formula is C14H14N4S. The molecule has 0 saturated carbocycles. The van der Waals surface area contributed by atoms with Crippen LogP contribution in [0.1, 0.15) is 5.82 Å². The van der Waals surface area contributed by atoms with Gasteiger partial charge in [-0.1, -0.05) is 18.2 Å². The van der Waals surface area contributed by atoms with Crippen LogP contribution in [0.25, 0.3) is 10.9 Å². The van der Waals surface area contributed by atoms with Crippen LogP contribution < -0.4 is 0 Å². The fraction of sp³-hybridized carbons (Fsp3) is 0.214. The predicted molar refractivity (Wildman–Crippen MR) is 77.2 cm³/mol. The third-order valence-corrected chi connectivity index (χ3v) is 3.77. The summed E-state index contributed by atoms with van der Waals surface area (Å²) in [6.45, 7) is 2.82. The second-order valence-corrected chi connectivity index (χ2v) is 5.29. The third-order valence-electron chi connectivity index (χ3n) is 2.80. The number of nitrogens with zero attached hydrogens (tertiary/aromatic N) is 4. The summed E-state index contributed by atoms with van der Waals surface area (Å²) < 4.78 is 1.93. The molecule has 3 rings (SSSR count). The van der Waals surface area contributed by atoms with Gasteiger partial charge in [0, 0.05) is 23.5 Å². The van der Waals surface area contributed by atoms with Gasteiger partial charge < -0.3 is 0 Å². The number of hydrogen-bond acceptors (Lipinski definition) is 4. The predicted octanol–water partition coefficient (Wildman–Crippen LogP) is 2.93. The van der Waals surface area contributed by atoms with Gasteiger partial charge in [0.2, 0.25) is 0 Å². The molecule has 1 aromatic carbocycles. The first-order valence-electron chi connectivity index (χ1n) is 6.16. The van der Waals surface area contributed by atoms with Crippen LogP contribution in [0.3, 0.4) is 0 Å². The van der Waals surface area contributed by atoms with Crippen LogP contribution >= 0.6 is 11.8 Å². The summed E-state index contributed by atoms with van der Waals surface area (Å²) in [5.41, 5.74) is 1.01. The Balaban J connectivity index is 1.80. The van der Waals surface area contributed by atoms with Crippen molar-refractivity contribution in [1.82, 2.24) is 19.7 Å². The van der Waals surface area contributed by atoms with Crippen molar-refractivity contribution in [1.29, 1.82) is 0 Å². The standard InChI is InChI=1S/C14H14N4S/c1-11-16-13-6-3-2-5-12(13)14(17-11)19-10-9-18-8-4-7-15-18/h2-8H,9-10H2,1H3. The first kappa shape index (κ1) is 12.2. The maximum absolute atomic E-state index is 4.54. The summed E-state index contributed by atoms with van der Waals surface area (Å²) in [4.78, 5) is 8.99. The quantitative estimate of drug-likeness (QED) is 0.540. The fourth-order valence-corrected chi connectivity index (χ4v) is 2.93. The SMILES string of the molecule is Cc1nc(SCCn2cccn2)c2ccccc2n1. The summed E-state index contributed by atoms with van der Waals surface area (Å²) >= 11 is 1.75. The molecular weight excluding hydrogens is 256 g/mol. The van der Waals surface area contributed by atoms with Crippen LogP contribution in [-0.2, 0) is 6.54 Å². The van der Waals surface area contributed by atoms with Gasteiger partial charge >= 0.3 is 0 Å². The maximum atomic E-state index is 4.54. The van der Waals surface area contributed by atoms with Gasteiger partial charge in [0.25, 0.3) is 0 Å². The molecule has 4 nitrogen and oxygen atoms in total. The lowest BCUT2D eigenvalue weighted by Crippen LogP contribution is -2.01. The molecule has 96 valence electrons. The van der Waals surface area contributed by atoms with Gasteiger partial charge in [-0.25, -0.2) is 9.97 Å². The summed E-state index contributed by atoms with van der Waals surface area (Å²) in [7, 11) is 0. The highest BCUT2D eigenvalue weighted by atomic mass is 32.2. The zero-order valence-corrected chi connectivity index (χ0v) is 11.5. The average molecular weight is 270 g/mol. The Bertz CT molecular complexity index is 679. The highest BCUT2D eigenvalue weighted by molar-refractivity contribution is 7.99. The van der Waals surface area contributed by atoms with Gasteiger partial charge in [-0.05, 0) is 19.1 Å². The van der Waals surface area contributed by atoms with Gasteiger partial charge in [-0.15, -0.1) is 11.8 Å². The second-order valence-electron chi connectivity index (χ2n) is 4.21. The molecule has 2 heterocycles. The normalized spacial score (nSPS) is 11.0. The Hall–Kier alpha value is -1.88. The van der Waals surface area contributed by atoms with E-state index in [4.69, 9.17) is 0 Å². The topological polar surface area (TPSA) is 43.6 Å². The number of rotatable bonds is 4. The van der Waals surface area contributed by atoms with Crippen LogP contribution in [0, 0.1) is 6.92 Å². The van der Waals surface area contributed by atoms with Crippen LogP contribution in [-0.4, -0.2) is 25.5 Å². The first-order valence-corrected chi connectivity index (χ1v) is 7.15. The molecule has 0 fully saturated rings. The molecule has 0 amide bonds. The highest BCUT2D eigenvalue weighted by Crippen LogP contribution is 2.25. The minimum Gasteiger partial charge on any atom is -0.272 e. The van der Waals surface area contributed by atoms with Crippen LogP contribution in [0.5, 0.6) is 0 Å². The van der Waals surface area contributed by atoms with E-state index in [2.05, 4.69) is 21.1 Å². The molecule has 0 N–H and O–H groups in total. The number of benzene rings is 1. The summed E-state index contributed by atoms with van der Waals surface area (Å²) in [6, 6.07) is 10.1. The summed E-state index contributed by atoms with van der Waals surface area (Å²) in [6.07, 6.45) is 3.78. The highest BCUT2D eigenvalue weighted by Gasteiger charge is 2.05. The molecule has 2 aromatic heterocycles. The number of para-hydroxylation sites is 1. The van der Waals surface area contributed by atoms with E-state index in [1.165, 1.54) is 0 Å². The van der Waals surface area contributed by atoms with Crippen molar-refractivity contribution in [2.75, 3.05) is 5.75 Å². The van der Waals surface area contributed by atoms with Crippen molar-refractivity contribution in [3.63, 3.8) is 0 Å². The molecule has 0 saturated heterocycles. The number of aryl methyl sites for hydroxylation is 2. The summed E-state index contributed by atoms with van der Waals surface area (Å²) in [5.74, 6) is 1.77. The van der Waals surface area contributed by atoms with Gasteiger partial charge in [0.1, 0.15) is 10.9 Å². The molecule has 0 spiro atoms. The number of thioether (sulfide) groups is 1. The lowest BCUT2D eigenvalue weighted by atomic mass is 10.2. The van der Waals surface area contributed by atoms with Crippen LogP contribution in [0.4, 0.5) is 0 Å². The first-order chi connectivity index (χ1) is 9.33. The molecule has 0 bridgehead atoms. The van der Waals surface area contributed by atoms with Crippen molar-refractivity contribution in [2.45, 2.75) is 18.5 Å². The third kappa shape index (κ3) is 2.76. The molecule has 0 aliphatic rings. The Morgan fingerprint density at radius 2 is 2.05 bits per heavy atom. The van der Waals surface area contributed by atoms with Crippen molar-refractivity contribution in [3.8, 4) is 0 Å². The molecule has 0 atom stereocenters. The van der Waals surface area contributed by atoms with Gasteiger partial charge in [0.05, 0.1) is 12.1 Å². The van der Waals surface area contributed by atoms with E-state index in [1.54, 1.807) is 18.0 Å². The second kappa shape index (κ2) is 5.40. The molecule has 5 heteroatoms. The Kier molecular flexibility index (Phi) is 3.46. The smallest absolute Gasteiger partial charge is 0.127 e. The summed E-state index contributed by atoms with van der Waals surface area (Å²) in [5, 5.41) is 6.37. The lowest BCUT2D eigenvalue weighted by Gasteiger charge is -2.06. The number of aromatic nitrogens is 4. The largest absolute Gasteiger partial charge is 0.272 e. The average Bonchev–Trinajstić information content (AvgIpc) is 2.91. The molecule has 0 aliphatic heterocycles. The van der Waals surface area contributed by atoms with Gasteiger partial charge in [0.15, 0.2) is 0 Å². The molecule has 0 radical (unpaired) electrons. The Morgan fingerprint density at radius 1 is 1.16 bits per heavy atom. The van der Waals surface area contributed by atoms with Crippen LogP contribution in [0.2, 0.25) is 0 Å². The monoisotopic (exact) mass is 270 g/mol. The van der Waals surface area contributed by atoms with Crippen molar-refractivity contribution < 1.29 is 0 Å². The van der Waals surface area contributed by atoms with E-state index in [0.29, 0.717) is 0 Å². The minimum atomic E-state index is 0.820. The van der Waals surface area contributed by atoms with E-state index in [1.807, 2.05) is 42.1 Å². The number of fused-ring (bicyclic) bond motifs is 1. The minimum absolute atomic E-state index is 0.820. The van der Waals surface area contributed by atoms with E-state index in [9.17, 15) is 0 Å². The van der Waals surface area contributed by atoms with E-state index in [-0.39, 0.29) is 0 Å². The maximum Gasteiger partial charge on any atom is 0.127 e. The zero-order chi connectivity index (χ0) is 13.1. The Morgan fingerprint density at radius 3 is 2.89 bits per heavy atom. The van der Waals surface area contributed by atoms with Crippen molar-refractivity contribution in [3.05, 3.63) is 48.5 Å². The van der Waals surface area contributed by atoms with Crippen LogP contribution in [0.15, 0.2) is 47.8 Å². The van der Waals surface area contributed by atoms with Gasteiger partial charge in [-0.2, -0.15) is 5.10 Å². The van der Waals surface area contributed by atoms with Crippen molar-refractivity contribution in [2.24, 2.45) is 0 Å². The fourth-order valence-electron chi connectivity index (χ4n) is 1.94. The van der Waals surface area contributed by atoms with E-state index >= 15 is 0 Å². The zero-order valence-electron chi connectivity index (χ0n) is 10.7. The van der Waals surface area contributed by atoms with Crippen molar-refractivity contribution >= 4 is 22.7 Å². The molecule has 0 unspecified atom stereocenters. The van der Waals surface area contributed by atoms with Gasteiger partial charge in [-0.3, -0.25) is 4.68 Å². The molecule has 0 aliphatic carbocycles. The van der Waals surface area contributed by atoms with E-state index < -0.39 is 0 Å². The molecule has 19 heavy (non-hydrogen) atoms. The number of hydrogen-bond donors (Lipinski definition) is 0. The van der Waals surface area contributed by atoms with E-state index in [0.717, 1.165) is 34.1 Å². The lowest BCUT2D eigenvalue weighted by molar-refractivity contribution is 0.666. The molecule has 3 aromatic rings.